The molecule has 0 bridgehead atoms. The van der Waals surface area contributed by atoms with Crippen LogP contribution in [0.1, 0.15) is 193 Å². The van der Waals surface area contributed by atoms with Crippen molar-refractivity contribution < 1.29 is 16.5 Å². The van der Waals surface area contributed by atoms with E-state index in [4.69, 9.17) is 0 Å². The third-order valence-corrected chi connectivity index (χ3v) is 20.1. The van der Waals surface area contributed by atoms with Gasteiger partial charge >= 0.3 is 0 Å². The summed E-state index contributed by atoms with van der Waals surface area (Å²) in [4.78, 5) is 0. The molecule has 0 aromatic heterocycles. The Morgan fingerprint density at radius 2 is 0.350 bits per heavy atom. The average molecular weight is 656 g/mol. The van der Waals surface area contributed by atoms with Gasteiger partial charge in [-0.2, -0.15) is 0 Å². The molecule has 0 N–H and O–H groups in total. The van der Waals surface area contributed by atoms with Crippen molar-refractivity contribution in [3.63, 3.8) is 0 Å². The van der Waals surface area contributed by atoms with Crippen molar-refractivity contribution in [3.8, 4) is 0 Å². The maximum absolute atomic E-state index is 1.61. The number of halogens is 1. The second-order valence-corrected chi connectivity index (χ2v) is 20.8. The fourth-order valence-electron chi connectivity index (χ4n) is 10.1. The molecule has 0 spiro atoms. The van der Waals surface area contributed by atoms with Gasteiger partial charge in [0, 0.05) is 16.5 Å². The summed E-state index contributed by atoms with van der Waals surface area (Å²) < 4.78 is 0. The first-order valence-corrected chi connectivity index (χ1v) is 21.5. The normalized spacial score (nSPS) is 27.4. The quantitative estimate of drug-likeness (QED) is 0.197. The number of rotatable bonds is 6. The van der Waals surface area contributed by atoms with E-state index >= 15 is 0 Å². The molecule has 238 valence electrons. The molecule has 6 saturated carbocycles. The van der Waals surface area contributed by atoms with Gasteiger partial charge in [-0.15, -0.1) is 12.4 Å². The van der Waals surface area contributed by atoms with Gasteiger partial charge in [-0.3, -0.25) is 0 Å². The zero-order valence-corrected chi connectivity index (χ0v) is 29.9. The van der Waals surface area contributed by atoms with Crippen molar-refractivity contribution in [1.82, 2.24) is 0 Å². The van der Waals surface area contributed by atoms with Gasteiger partial charge in [-0.25, -0.2) is 0 Å². The van der Waals surface area contributed by atoms with Gasteiger partial charge in [0.05, 0.1) is 0 Å². The molecule has 0 unspecified atom stereocenters. The summed E-state index contributed by atoms with van der Waals surface area (Å²) >= 11 is 0. The summed E-state index contributed by atoms with van der Waals surface area (Å²) in [6.45, 7) is 0. The van der Waals surface area contributed by atoms with E-state index in [1.165, 1.54) is 72.5 Å². The molecule has 0 atom stereocenters. The SMILES string of the molecule is C1CCC(P(C2CCCCC2)C2CCCCC2)CC1.C1CCC(P(C2CCCCC2)C2CCCCC2)CC1.Cl.[Ni]. The molecule has 0 aromatic carbocycles. The van der Waals surface area contributed by atoms with Crippen LogP contribution < -0.4 is 0 Å². The van der Waals surface area contributed by atoms with Crippen molar-refractivity contribution >= 4 is 28.3 Å². The molecule has 40 heavy (non-hydrogen) atoms. The summed E-state index contributed by atoms with van der Waals surface area (Å²) in [5.41, 5.74) is 7.14. The predicted octanol–water partition coefficient (Wildman–Crippen LogP) is 13.4. The topological polar surface area (TPSA) is 0 Å². The molecule has 4 heteroatoms. The van der Waals surface area contributed by atoms with E-state index in [2.05, 4.69) is 0 Å². The van der Waals surface area contributed by atoms with Gasteiger partial charge in [0.15, 0.2) is 0 Å². The van der Waals surface area contributed by atoms with Gasteiger partial charge in [0.1, 0.15) is 0 Å². The summed E-state index contributed by atoms with van der Waals surface area (Å²) in [6, 6.07) is 0. The van der Waals surface area contributed by atoms with Crippen LogP contribution in [-0.4, -0.2) is 34.0 Å². The van der Waals surface area contributed by atoms with Gasteiger partial charge in [0.2, 0.25) is 0 Å². The molecular weight excluding hydrogens is 588 g/mol. The summed E-state index contributed by atoms with van der Waals surface area (Å²) in [5, 5.41) is 0. The molecule has 0 heterocycles. The molecule has 6 aliphatic carbocycles. The van der Waals surface area contributed by atoms with Crippen LogP contribution in [0.4, 0.5) is 0 Å². The number of hydrogen-bond acceptors (Lipinski definition) is 0. The van der Waals surface area contributed by atoms with E-state index in [0.29, 0.717) is 15.8 Å². The van der Waals surface area contributed by atoms with Gasteiger partial charge in [0.25, 0.3) is 0 Å². The maximum atomic E-state index is 1.61. The molecule has 0 aliphatic heterocycles. The zero-order valence-electron chi connectivity index (χ0n) is 26.3. The molecule has 0 saturated heterocycles. The van der Waals surface area contributed by atoms with E-state index in [0.717, 1.165) is 0 Å². The summed E-state index contributed by atoms with van der Waals surface area (Å²) in [5.74, 6) is 0. The van der Waals surface area contributed by atoms with Crippen LogP contribution in [0.3, 0.4) is 0 Å². The van der Waals surface area contributed by atoms with Crippen LogP contribution in [0.25, 0.3) is 0 Å². The van der Waals surface area contributed by atoms with Crippen molar-refractivity contribution in [3.05, 3.63) is 0 Å². The van der Waals surface area contributed by atoms with E-state index < -0.39 is 0 Å². The monoisotopic (exact) mass is 654 g/mol. The standard InChI is InChI=1S/2C18H33P.ClH.Ni/c2*1-4-10-16(11-5-1)19(17-12-6-2-7-13-17)18-14-8-3-9-15-18;;/h2*16-18H,1-15H2;1H;. The second kappa shape index (κ2) is 20.6. The van der Waals surface area contributed by atoms with Crippen molar-refractivity contribution in [2.75, 3.05) is 0 Å². The number of hydrogen-bond donors (Lipinski definition) is 0. The van der Waals surface area contributed by atoms with Crippen LogP contribution in [-0.2, 0) is 16.5 Å². The van der Waals surface area contributed by atoms with Crippen molar-refractivity contribution in [2.45, 2.75) is 227 Å². The third-order valence-electron chi connectivity index (χ3n) is 12.0. The van der Waals surface area contributed by atoms with Gasteiger partial charge < -0.3 is 0 Å². The third kappa shape index (κ3) is 10.9. The van der Waals surface area contributed by atoms with Crippen LogP contribution in [0.15, 0.2) is 0 Å². The van der Waals surface area contributed by atoms with Crippen LogP contribution in [0.5, 0.6) is 0 Å². The van der Waals surface area contributed by atoms with Crippen molar-refractivity contribution in [1.29, 1.82) is 0 Å². The molecule has 0 aromatic rings. The van der Waals surface area contributed by atoms with Crippen molar-refractivity contribution in [2.24, 2.45) is 0 Å². The van der Waals surface area contributed by atoms with E-state index in [1.807, 2.05) is 0 Å². The Balaban J connectivity index is 0.000000210. The first-order valence-electron chi connectivity index (χ1n) is 18.4. The second-order valence-electron chi connectivity index (χ2n) is 14.6. The van der Waals surface area contributed by atoms with Gasteiger partial charge in [-0.1, -0.05) is 131 Å². The minimum Gasteiger partial charge on any atom is -0.147 e. The Kier molecular flexibility index (Phi) is 18.6. The Bertz CT molecular complexity index is 471. The maximum Gasteiger partial charge on any atom is 0 e. The molecule has 0 radical (unpaired) electrons. The summed E-state index contributed by atoms with van der Waals surface area (Å²) in [6.07, 6.45) is 47.2. The summed E-state index contributed by atoms with van der Waals surface area (Å²) in [7, 11) is 0.770. The molecule has 6 rings (SSSR count). The molecule has 6 aliphatic rings. The first kappa shape index (κ1) is 36.1. The van der Waals surface area contributed by atoms with E-state index in [9.17, 15) is 0 Å². The smallest absolute Gasteiger partial charge is 0 e. The Morgan fingerprint density at radius 3 is 0.475 bits per heavy atom. The minimum atomic E-state index is 0. The Hall–Kier alpha value is 1.64. The average Bonchev–Trinajstić information content (AvgIpc) is 3.01. The van der Waals surface area contributed by atoms with E-state index in [-0.39, 0.29) is 28.9 Å². The molecule has 6 fully saturated rings. The van der Waals surface area contributed by atoms with E-state index in [1.54, 1.807) is 154 Å². The van der Waals surface area contributed by atoms with Crippen LogP contribution in [0, 0.1) is 0 Å². The predicted molar refractivity (Wildman–Crippen MR) is 182 cm³/mol. The Morgan fingerprint density at radius 1 is 0.225 bits per heavy atom. The molecule has 0 amide bonds. The minimum absolute atomic E-state index is 0. The first-order chi connectivity index (χ1) is 18.9. The fraction of sp³-hybridized carbons (Fsp3) is 1.00. The van der Waals surface area contributed by atoms with Gasteiger partial charge in [-0.05, 0) is 111 Å². The Labute approximate surface area is 270 Å². The fourth-order valence-corrected chi connectivity index (χ4v) is 19.4. The molecule has 0 nitrogen and oxygen atoms in total. The zero-order chi connectivity index (χ0) is 25.8. The largest absolute Gasteiger partial charge is 0.147 e. The molecular formula is C36H67ClNiP2. The van der Waals surface area contributed by atoms with Crippen LogP contribution in [0.2, 0.25) is 0 Å². The van der Waals surface area contributed by atoms with Crippen LogP contribution >= 0.6 is 28.3 Å².